The van der Waals surface area contributed by atoms with Crippen LogP contribution in [0.15, 0.2) is 5.38 Å². The van der Waals surface area contributed by atoms with E-state index in [1.54, 1.807) is 19.2 Å². The first-order chi connectivity index (χ1) is 7.06. The number of carbonyl (C=O) groups is 2. The van der Waals surface area contributed by atoms with Crippen molar-refractivity contribution in [3.05, 3.63) is 16.5 Å². The lowest BCUT2D eigenvalue weighted by molar-refractivity contribution is 0.0527. The van der Waals surface area contributed by atoms with Gasteiger partial charge in [0.15, 0.2) is 0 Å². The van der Waals surface area contributed by atoms with Crippen LogP contribution in [0.5, 0.6) is 0 Å². The number of thiophene rings is 1. The molecule has 0 saturated carbocycles. The highest BCUT2D eigenvalue weighted by molar-refractivity contribution is 7.15. The number of aryl methyl sites for hydroxylation is 1. The van der Waals surface area contributed by atoms with Gasteiger partial charge < -0.3 is 10.5 Å². The molecule has 0 aliphatic rings. The molecule has 0 unspecified atom stereocenters. The summed E-state index contributed by atoms with van der Waals surface area (Å²) in [5, 5.41) is 4.58. The van der Waals surface area contributed by atoms with Crippen molar-refractivity contribution in [2.24, 2.45) is 5.73 Å². The Balaban J connectivity index is 2.98. The summed E-state index contributed by atoms with van der Waals surface area (Å²) in [7, 11) is 0. The third-order valence-corrected chi connectivity index (χ3v) is 2.70. The molecule has 0 aliphatic heterocycles. The fraction of sp³-hybridized carbons (Fsp3) is 0.333. The van der Waals surface area contributed by atoms with E-state index in [-0.39, 0.29) is 0 Å². The van der Waals surface area contributed by atoms with Crippen LogP contribution in [0, 0.1) is 6.92 Å². The molecule has 1 aromatic rings. The maximum absolute atomic E-state index is 11.5. The summed E-state index contributed by atoms with van der Waals surface area (Å²) >= 11 is 1.25. The number of amides is 2. The first kappa shape index (κ1) is 11.5. The number of urea groups is 1. The Bertz CT molecular complexity index is 387. The molecular weight excluding hydrogens is 216 g/mol. The number of nitrogens with two attached hydrogens (primary N) is 1. The van der Waals surface area contributed by atoms with E-state index in [1.807, 2.05) is 0 Å². The smallest absolute Gasteiger partial charge is 0.341 e. The number of nitrogens with one attached hydrogen (secondary N) is 1. The number of anilines is 1. The highest BCUT2D eigenvalue weighted by Crippen LogP contribution is 2.28. The van der Waals surface area contributed by atoms with Crippen LogP contribution >= 0.6 is 11.3 Å². The second-order valence-electron chi connectivity index (χ2n) is 2.83. The van der Waals surface area contributed by atoms with E-state index in [0.29, 0.717) is 17.2 Å². The lowest BCUT2D eigenvalue weighted by atomic mass is 10.2. The zero-order chi connectivity index (χ0) is 11.4. The summed E-state index contributed by atoms with van der Waals surface area (Å²) in [5.41, 5.74) is 6.12. The quantitative estimate of drug-likeness (QED) is 0.773. The Morgan fingerprint density at radius 3 is 2.80 bits per heavy atom. The van der Waals surface area contributed by atoms with Gasteiger partial charge in [-0.1, -0.05) is 0 Å². The third-order valence-electron chi connectivity index (χ3n) is 1.69. The highest BCUT2D eigenvalue weighted by Gasteiger charge is 2.18. The van der Waals surface area contributed by atoms with Crippen LogP contribution in [0.2, 0.25) is 0 Å². The molecule has 1 rings (SSSR count). The van der Waals surface area contributed by atoms with Crippen molar-refractivity contribution in [1.82, 2.24) is 0 Å². The fourth-order valence-corrected chi connectivity index (χ4v) is 2.04. The number of ether oxygens (including phenoxy) is 1. The van der Waals surface area contributed by atoms with Crippen LogP contribution in [0.25, 0.3) is 0 Å². The van der Waals surface area contributed by atoms with Crippen LogP contribution in [0.3, 0.4) is 0 Å². The molecule has 0 spiro atoms. The Morgan fingerprint density at radius 1 is 1.60 bits per heavy atom. The minimum atomic E-state index is -0.692. The molecule has 0 bridgehead atoms. The summed E-state index contributed by atoms with van der Waals surface area (Å²) < 4.78 is 4.86. The van der Waals surface area contributed by atoms with Crippen molar-refractivity contribution in [2.75, 3.05) is 11.9 Å². The topological polar surface area (TPSA) is 81.4 Å². The average Bonchev–Trinajstić information content (AvgIpc) is 2.46. The Morgan fingerprint density at radius 2 is 2.27 bits per heavy atom. The molecule has 0 aromatic carbocycles. The number of hydrogen-bond donors (Lipinski definition) is 2. The Hall–Kier alpha value is -1.56. The standard InChI is InChI=1S/C9H12N2O3S/c1-3-14-8(12)6-5(2)4-15-7(6)11-9(10)13/h4H,3H2,1-2H3,(H3,10,11,13). The zero-order valence-corrected chi connectivity index (χ0v) is 9.31. The van der Waals surface area contributed by atoms with Gasteiger partial charge in [-0.25, -0.2) is 9.59 Å². The van der Waals surface area contributed by atoms with Gasteiger partial charge >= 0.3 is 12.0 Å². The van der Waals surface area contributed by atoms with E-state index >= 15 is 0 Å². The first-order valence-electron chi connectivity index (χ1n) is 4.38. The maximum atomic E-state index is 11.5. The molecule has 15 heavy (non-hydrogen) atoms. The van der Waals surface area contributed by atoms with Crippen molar-refractivity contribution in [1.29, 1.82) is 0 Å². The highest BCUT2D eigenvalue weighted by atomic mass is 32.1. The minimum absolute atomic E-state index is 0.296. The molecule has 1 heterocycles. The number of esters is 1. The molecule has 0 atom stereocenters. The summed E-state index contributed by atoms with van der Waals surface area (Å²) in [6.45, 7) is 3.79. The molecule has 3 N–H and O–H groups in total. The Labute approximate surface area is 91.2 Å². The Kier molecular flexibility index (Phi) is 3.68. The molecule has 5 nitrogen and oxygen atoms in total. The van der Waals surface area contributed by atoms with Crippen molar-refractivity contribution in [2.45, 2.75) is 13.8 Å². The predicted octanol–water partition coefficient (Wildman–Crippen LogP) is 1.72. The fourth-order valence-electron chi connectivity index (χ4n) is 1.11. The van der Waals surface area contributed by atoms with E-state index in [2.05, 4.69) is 5.32 Å². The van der Waals surface area contributed by atoms with Gasteiger partial charge in [-0.2, -0.15) is 0 Å². The number of rotatable bonds is 3. The number of primary amides is 1. The molecule has 0 fully saturated rings. The van der Waals surface area contributed by atoms with Gasteiger partial charge in [0.2, 0.25) is 0 Å². The van der Waals surface area contributed by atoms with Crippen LogP contribution in [0.1, 0.15) is 22.8 Å². The lowest BCUT2D eigenvalue weighted by Crippen LogP contribution is -2.20. The van der Waals surface area contributed by atoms with Crippen molar-refractivity contribution in [3.8, 4) is 0 Å². The summed E-state index contributed by atoms with van der Waals surface area (Å²) in [6.07, 6.45) is 0. The van der Waals surface area contributed by atoms with Gasteiger partial charge in [-0.3, -0.25) is 5.32 Å². The van der Waals surface area contributed by atoms with Crippen LogP contribution in [-0.4, -0.2) is 18.6 Å². The van der Waals surface area contributed by atoms with Crippen molar-refractivity contribution < 1.29 is 14.3 Å². The summed E-state index contributed by atoms with van der Waals surface area (Å²) in [4.78, 5) is 22.2. The third kappa shape index (κ3) is 2.69. The van der Waals surface area contributed by atoms with Gasteiger partial charge in [0.25, 0.3) is 0 Å². The SMILES string of the molecule is CCOC(=O)c1c(C)csc1NC(N)=O. The zero-order valence-electron chi connectivity index (χ0n) is 8.49. The van der Waals surface area contributed by atoms with Gasteiger partial charge in [-0.05, 0) is 24.8 Å². The molecule has 2 amide bonds. The van der Waals surface area contributed by atoms with E-state index in [0.717, 1.165) is 5.56 Å². The van der Waals surface area contributed by atoms with Gasteiger partial charge in [0, 0.05) is 0 Å². The van der Waals surface area contributed by atoms with E-state index in [4.69, 9.17) is 10.5 Å². The van der Waals surface area contributed by atoms with Crippen LogP contribution in [0.4, 0.5) is 9.80 Å². The van der Waals surface area contributed by atoms with Crippen LogP contribution in [-0.2, 0) is 4.74 Å². The molecule has 1 aromatic heterocycles. The molecule has 0 aliphatic carbocycles. The van der Waals surface area contributed by atoms with Gasteiger partial charge in [0.05, 0.1) is 12.2 Å². The lowest BCUT2D eigenvalue weighted by Gasteiger charge is -2.04. The molecule has 82 valence electrons. The minimum Gasteiger partial charge on any atom is -0.462 e. The molecular formula is C9H12N2O3S. The summed E-state index contributed by atoms with van der Waals surface area (Å²) in [6, 6.07) is -0.692. The molecule has 0 radical (unpaired) electrons. The molecule has 0 saturated heterocycles. The maximum Gasteiger partial charge on any atom is 0.341 e. The molecule has 6 heteroatoms. The van der Waals surface area contributed by atoms with Gasteiger partial charge in [0.1, 0.15) is 5.00 Å². The van der Waals surface area contributed by atoms with Crippen molar-refractivity contribution >= 4 is 28.3 Å². The largest absolute Gasteiger partial charge is 0.462 e. The second-order valence-corrected chi connectivity index (χ2v) is 3.71. The average molecular weight is 228 g/mol. The monoisotopic (exact) mass is 228 g/mol. The van der Waals surface area contributed by atoms with Gasteiger partial charge in [-0.15, -0.1) is 11.3 Å². The van der Waals surface area contributed by atoms with E-state index in [1.165, 1.54) is 11.3 Å². The first-order valence-corrected chi connectivity index (χ1v) is 5.25. The van der Waals surface area contributed by atoms with E-state index in [9.17, 15) is 9.59 Å². The number of hydrogen-bond acceptors (Lipinski definition) is 4. The van der Waals surface area contributed by atoms with Crippen molar-refractivity contribution in [3.63, 3.8) is 0 Å². The summed E-state index contributed by atoms with van der Waals surface area (Å²) in [5.74, 6) is -0.444. The van der Waals surface area contributed by atoms with Crippen LogP contribution < -0.4 is 11.1 Å². The number of carbonyl (C=O) groups excluding carboxylic acids is 2. The normalized spacial score (nSPS) is 9.73. The predicted molar refractivity (Wildman–Crippen MR) is 58.2 cm³/mol. The second kappa shape index (κ2) is 4.79. The van der Waals surface area contributed by atoms with E-state index < -0.39 is 12.0 Å².